The maximum Gasteiger partial charge on any atom is 0.248 e. The van der Waals surface area contributed by atoms with E-state index in [-0.39, 0.29) is 5.91 Å². The summed E-state index contributed by atoms with van der Waals surface area (Å²) < 4.78 is 5.60. The third-order valence-electron chi connectivity index (χ3n) is 4.53. The predicted octanol–water partition coefficient (Wildman–Crippen LogP) is 3.04. The van der Waals surface area contributed by atoms with E-state index in [0.29, 0.717) is 31.2 Å². The quantitative estimate of drug-likeness (QED) is 0.675. The van der Waals surface area contributed by atoms with Gasteiger partial charge in [0.05, 0.1) is 0 Å². The Morgan fingerprint density at radius 3 is 2.96 bits per heavy atom. The minimum absolute atomic E-state index is 0.0372. The Morgan fingerprint density at radius 1 is 1.26 bits per heavy atom. The van der Waals surface area contributed by atoms with E-state index in [2.05, 4.69) is 31.5 Å². The first-order chi connectivity index (χ1) is 13.3. The summed E-state index contributed by atoms with van der Waals surface area (Å²) in [6, 6.07) is 5.92. The molecule has 0 atom stereocenters. The van der Waals surface area contributed by atoms with Crippen molar-refractivity contribution in [2.75, 3.05) is 18.0 Å². The fraction of sp³-hybridized carbons (Fsp3) is 0.368. The molecule has 0 spiro atoms. The molecule has 0 radical (unpaired) electrons. The van der Waals surface area contributed by atoms with Gasteiger partial charge in [0.2, 0.25) is 17.7 Å². The van der Waals surface area contributed by atoms with Gasteiger partial charge in [0.15, 0.2) is 0 Å². The maximum atomic E-state index is 12.1. The molecule has 3 aromatic rings. The smallest absolute Gasteiger partial charge is 0.248 e. The third-order valence-corrected chi connectivity index (χ3v) is 5.21. The average Bonchev–Trinajstić information content (AvgIpc) is 3.46. The lowest BCUT2D eigenvalue weighted by Crippen LogP contribution is -2.24. The number of hydrogen-bond acceptors (Lipinski definition) is 7. The van der Waals surface area contributed by atoms with Gasteiger partial charge >= 0.3 is 0 Å². The Balaban J connectivity index is 1.26. The molecule has 1 aliphatic rings. The zero-order valence-electron chi connectivity index (χ0n) is 14.9. The Labute approximate surface area is 161 Å². The summed E-state index contributed by atoms with van der Waals surface area (Å²) in [6.07, 6.45) is 4.98. The van der Waals surface area contributed by atoms with Crippen LogP contribution in [0.25, 0.3) is 11.5 Å². The minimum atomic E-state index is -0.0372. The first-order valence-electron chi connectivity index (χ1n) is 9.09. The van der Waals surface area contributed by atoms with Gasteiger partial charge in [-0.2, -0.15) is 11.3 Å². The van der Waals surface area contributed by atoms with Crippen LogP contribution in [-0.2, 0) is 17.8 Å². The van der Waals surface area contributed by atoms with Crippen LogP contribution in [0, 0.1) is 0 Å². The van der Waals surface area contributed by atoms with Crippen LogP contribution < -0.4 is 10.2 Å². The lowest BCUT2D eigenvalue weighted by Gasteiger charge is -2.16. The molecule has 1 N–H and O–H groups in total. The largest absolute Gasteiger partial charge is 0.421 e. The fourth-order valence-electron chi connectivity index (χ4n) is 3.06. The van der Waals surface area contributed by atoms with E-state index in [1.165, 1.54) is 12.8 Å². The van der Waals surface area contributed by atoms with Crippen LogP contribution >= 0.6 is 11.3 Å². The fourth-order valence-corrected chi connectivity index (χ4v) is 3.69. The maximum absolute atomic E-state index is 12.1. The van der Waals surface area contributed by atoms with E-state index in [1.807, 2.05) is 22.9 Å². The van der Waals surface area contributed by atoms with Crippen molar-refractivity contribution in [3.05, 3.63) is 46.6 Å². The van der Waals surface area contributed by atoms with E-state index in [1.54, 1.807) is 17.5 Å². The van der Waals surface area contributed by atoms with Crippen molar-refractivity contribution in [1.29, 1.82) is 0 Å². The molecule has 1 fully saturated rings. The molecular formula is C19H21N5O2S. The van der Waals surface area contributed by atoms with Crippen molar-refractivity contribution in [2.24, 2.45) is 0 Å². The first kappa shape index (κ1) is 17.7. The van der Waals surface area contributed by atoms with E-state index >= 15 is 0 Å². The number of nitrogens with zero attached hydrogens (tertiary/aromatic N) is 4. The molecule has 4 heterocycles. The molecule has 0 saturated carbocycles. The van der Waals surface area contributed by atoms with Crippen LogP contribution in [0.5, 0.6) is 0 Å². The van der Waals surface area contributed by atoms with E-state index in [9.17, 15) is 4.79 Å². The molecule has 140 valence electrons. The van der Waals surface area contributed by atoms with Gasteiger partial charge in [0.25, 0.3) is 0 Å². The molecule has 0 aliphatic carbocycles. The summed E-state index contributed by atoms with van der Waals surface area (Å²) in [6.45, 7) is 2.60. The molecule has 0 bridgehead atoms. The second kappa shape index (κ2) is 8.30. The number of carbonyl (C=O) groups excluding carboxylic acids is 1. The van der Waals surface area contributed by atoms with Gasteiger partial charge in [-0.1, -0.05) is 0 Å². The highest BCUT2D eigenvalue weighted by Gasteiger charge is 2.14. The zero-order valence-corrected chi connectivity index (χ0v) is 15.7. The number of aryl methyl sites for hydroxylation is 1. The summed E-state index contributed by atoms with van der Waals surface area (Å²) in [5.74, 6) is 1.93. The Morgan fingerprint density at radius 2 is 2.15 bits per heavy atom. The van der Waals surface area contributed by atoms with Crippen molar-refractivity contribution < 1.29 is 9.21 Å². The van der Waals surface area contributed by atoms with Gasteiger partial charge in [-0.25, -0.2) is 4.98 Å². The number of hydrogen-bond donors (Lipinski definition) is 1. The summed E-state index contributed by atoms with van der Waals surface area (Å²) in [5, 5.41) is 14.9. The van der Waals surface area contributed by atoms with Gasteiger partial charge in [0.1, 0.15) is 5.82 Å². The second-order valence-electron chi connectivity index (χ2n) is 6.51. The molecule has 0 aromatic carbocycles. The van der Waals surface area contributed by atoms with Gasteiger partial charge < -0.3 is 14.6 Å². The molecule has 1 amide bonds. The summed E-state index contributed by atoms with van der Waals surface area (Å²) in [4.78, 5) is 18.9. The number of rotatable bonds is 7. The number of nitrogens with one attached hydrogen (secondary N) is 1. The van der Waals surface area contributed by atoms with Gasteiger partial charge in [-0.3, -0.25) is 4.79 Å². The number of aromatic nitrogens is 3. The van der Waals surface area contributed by atoms with Crippen molar-refractivity contribution in [1.82, 2.24) is 20.5 Å². The van der Waals surface area contributed by atoms with Crippen LogP contribution in [0.15, 0.2) is 39.6 Å². The Bertz CT molecular complexity index is 887. The molecule has 1 aliphatic heterocycles. The van der Waals surface area contributed by atoms with Gasteiger partial charge in [-0.05, 0) is 42.0 Å². The van der Waals surface area contributed by atoms with Crippen LogP contribution in [0.2, 0.25) is 0 Å². The number of pyridine rings is 1. The van der Waals surface area contributed by atoms with Crippen molar-refractivity contribution in [3.8, 4) is 11.5 Å². The topological polar surface area (TPSA) is 84.1 Å². The molecular weight excluding hydrogens is 362 g/mol. The Kier molecular flexibility index (Phi) is 5.43. The van der Waals surface area contributed by atoms with Crippen LogP contribution in [-0.4, -0.2) is 34.2 Å². The molecule has 1 saturated heterocycles. The standard InChI is InChI=1S/C19H21N5O2S/c25-17(3-4-18-22-23-19(26-18)15-6-10-27-13-15)21-12-14-5-7-20-16(11-14)24-8-1-2-9-24/h5-7,10-11,13H,1-4,8-9,12H2,(H,21,25). The van der Waals surface area contributed by atoms with Crippen LogP contribution in [0.4, 0.5) is 5.82 Å². The number of anilines is 1. The molecule has 0 unspecified atom stereocenters. The molecule has 3 aromatic heterocycles. The molecule has 7 nitrogen and oxygen atoms in total. The molecule has 8 heteroatoms. The van der Waals surface area contributed by atoms with E-state index in [0.717, 1.165) is 30.0 Å². The predicted molar refractivity (Wildman–Crippen MR) is 103 cm³/mol. The van der Waals surface area contributed by atoms with Crippen molar-refractivity contribution in [3.63, 3.8) is 0 Å². The van der Waals surface area contributed by atoms with E-state index < -0.39 is 0 Å². The SMILES string of the molecule is O=C(CCc1nnc(-c2ccsc2)o1)NCc1ccnc(N2CCCC2)c1. The first-order valence-corrected chi connectivity index (χ1v) is 10.0. The number of carbonyl (C=O) groups is 1. The summed E-state index contributed by atoms with van der Waals surface area (Å²) >= 11 is 1.58. The average molecular weight is 383 g/mol. The van der Waals surface area contributed by atoms with Gasteiger partial charge in [0, 0.05) is 49.6 Å². The molecule has 27 heavy (non-hydrogen) atoms. The minimum Gasteiger partial charge on any atom is -0.421 e. The number of amides is 1. The monoisotopic (exact) mass is 383 g/mol. The second-order valence-corrected chi connectivity index (χ2v) is 7.29. The normalized spacial score (nSPS) is 13.9. The third kappa shape index (κ3) is 4.51. The highest BCUT2D eigenvalue weighted by atomic mass is 32.1. The lowest BCUT2D eigenvalue weighted by molar-refractivity contribution is -0.121. The number of thiophene rings is 1. The Hall–Kier alpha value is -2.74. The van der Waals surface area contributed by atoms with Crippen LogP contribution in [0.1, 0.15) is 30.7 Å². The summed E-state index contributed by atoms with van der Waals surface area (Å²) in [7, 11) is 0. The zero-order chi connectivity index (χ0) is 18.5. The highest BCUT2D eigenvalue weighted by Crippen LogP contribution is 2.21. The van der Waals surface area contributed by atoms with Gasteiger partial charge in [-0.15, -0.1) is 10.2 Å². The highest BCUT2D eigenvalue weighted by molar-refractivity contribution is 7.08. The van der Waals surface area contributed by atoms with E-state index in [4.69, 9.17) is 4.42 Å². The summed E-state index contributed by atoms with van der Waals surface area (Å²) in [5.41, 5.74) is 1.97. The van der Waals surface area contributed by atoms with Crippen molar-refractivity contribution in [2.45, 2.75) is 32.2 Å². The van der Waals surface area contributed by atoms with Crippen LogP contribution in [0.3, 0.4) is 0 Å². The lowest BCUT2D eigenvalue weighted by atomic mass is 10.2. The van der Waals surface area contributed by atoms with Crippen molar-refractivity contribution >= 4 is 23.1 Å². The molecule has 4 rings (SSSR count).